The average molecular weight is 369 g/mol. The van der Waals surface area contributed by atoms with Crippen LogP contribution in [0.2, 0.25) is 0 Å². The van der Waals surface area contributed by atoms with E-state index < -0.39 is 11.8 Å². The Kier molecular flexibility index (Phi) is 4.71. The van der Waals surface area contributed by atoms with E-state index >= 15 is 0 Å². The first-order valence-electron chi connectivity index (χ1n) is 8.55. The summed E-state index contributed by atoms with van der Waals surface area (Å²) in [6.07, 6.45) is 3.17. The fraction of sp³-hybridized carbons (Fsp3) is 0. The highest BCUT2D eigenvalue weighted by atomic mass is 16.2. The number of nitrogens with one attached hydrogen (secondary N) is 2. The van der Waals surface area contributed by atoms with Crippen molar-refractivity contribution in [2.45, 2.75) is 0 Å². The van der Waals surface area contributed by atoms with Crippen molar-refractivity contribution in [2.75, 3.05) is 0 Å². The van der Waals surface area contributed by atoms with Crippen molar-refractivity contribution in [2.24, 2.45) is 0 Å². The summed E-state index contributed by atoms with van der Waals surface area (Å²) < 4.78 is 0. The second-order valence-electron chi connectivity index (χ2n) is 5.91. The van der Waals surface area contributed by atoms with E-state index in [4.69, 9.17) is 0 Å². The number of carbonyl (C=O) groups is 2. The van der Waals surface area contributed by atoms with E-state index in [0.29, 0.717) is 27.9 Å². The molecule has 4 rings (SSSR count). The van der Waals surface area contributed by atoms with Gasteiger partial charge in [-0.2, -0.15) is 0 Å². The van der Waals surface area contributed by atoms with Crippen LogP contribution in [-0.2, 0) is 0 Å². The van der Waals surface area contributed by atoms with Crippen LogP contribution < -0.4 is 10.9 Å². The van der Waals surface area contributed by atoms with Gasteiger partial charge in [0, 0.05) is 17.8 Å². The van der Waals surface area contributed by atoms with E-state index in [1.54, 1.807) is 36.5 Å². The first kappa shape index (κ1) is 17.3. The molecule has 7 heteroatoms. The Labute approximate surface area is 160 Å². The number of aromatic nitrogens is 3. The number of nitrogens with zero attached hydrogens (tertiary/aromatic N) is 3. The van der Waals surface area contributed by atoms with Gasteiger partial charge in [0.15, 0.2) is 0 Å². The Morgan fingerprint density at radius 2 is 1.43 bits per heavy atom. The van der Waals surface area contributed by atoms with Crippen molar-refractivity contribution in [1.82, 2.24) is 25.8 Å². The smallest absolute Gasteiger partial charge is 0.267 e. The SMILES string of the molecule is O=C(NNC(=O)c1cc(-c2ccccn2)nc2ccccc12)c1ccccn1. The Bertz CT molecular complexity index is 1150. The molecule has 1 aromatic carbocycles. The number of amides is 2. The molecule has 136 valence electrons. The van der Waals surface area contributed by atoms with E-state index in [2.05, 4.69) is 25.8 Å². The summed E-state index contributed by atoms with van der Waals surface area (Å²) >= 11 is 0. The number of pyridine rings is 3. The van der Waals surface area contributed by atoms with E-state index in [1.807, 2.05) is 36.4 Å². The number of para-hydroxylation sites is 1. The molecule has 3 heterocycles. The summed E-state index contributed by atoms with van der Waals surface area (Å²) in [6.45, 7) is 0. The van der Waals surface area contributed by atoms with Crippen molar-refractivity contribution >= 4 is 22.7 Å². The summed E-state index contributed by atoms with van der Waals surface area (Å²) in [6, 6.07) is 19.4. The monoisotopic (exact) mass is 369 g/mol. The number of hydrogen-bond acceptors (Lipinski definition) is 5. The fourth-order valence-corrected chi connectivity index (χ4v) is 2.75. The third kappa shape index (κ3) is 3.54. The molecule has 4 aromatic rings. The summed E-state index contributed by atoms with van der Waals surface area (Å²) in [7, 11) is 0. The molecule has 0 saturated heterocycles. The molecule has 7 nitrogen and oxygen atoms in total. The molecule has 0 aliphatic heterocycles. The zero-order chi connectivity index (χ0) is 19.3. The lowest BCUT2D eigenvalue weighted by Gasteiger charge is -2.11. The Hall–Kier alpha value is -4.13. The molecule has 0 unspecified atom stereocenters. The zero-order valence-corrected chi connectivity index (χ0v) is 14.7. The van der Waals surface area contributed by atoms with Gasteiger partial charge in [0.05, 0.1) is 22.5 Å². The highest BCUT2D eigenvalue weighted by Crippen LogP contribution is 2.23. The van der Waals surface area contributed by atoms with Gasteiger partial charge in [-0.25, -0.2) is 4.98 Å². The van der Waals surface area contributed by atoms with Gasteiger partial charge in [-0.05, 0) is 36.4 Å². The van der Waals surface area contributed by atoms with Gasteiger partial charge in [0.25, 0.3) is 11.8 Å². The maximum Gasteiger partial charge on any atom is 0.288 e. The molecular formula is C21H15N5O2. The molecule has 28 heavy (non-hydrogen) atoms. The molecule has 2 amide bonds. The van der Waals surface area contributed by atoms with Crippen molar-refractivity contribution in [3.63, 3.8) is 0 Å². The average Bonchev–Trinajstić information content (AvgIpc) is 2.77. The Morgan fingerprint density at radius 1 is 0.714 bits per heavy atom. The third-order valence-corrected chi connectivity index (χ3v) is 4.08. The zero-order valence-electron chi connectivity index (χ0n) is 14.7. The highest BCUT2D eigenvalue weighted by Gasteiger charge is 2.15. The second kappa shape index (κ2) is 7.63. The first-order chi connectivity index (χ1) is 13.7. The van der Waals surface area contributed by atoms with Crippen LogP contribution in [0.5, 0.6) is 0 Å². The topological polar surface area (TPSA) is 96.9 Å². The maximum atomic E-state index is 12.8. The minimum Gasteiger partial charge on any atom is -0.267 e. The van der Waals surface area contributed by atoms with Gasteiger partial charge < -0.3 is 0 Å². The molecule has 2 N–H and O–H groups in total. The van der Waals surface area contributed by atoms with Gasteiger partial charge in [0.2, 0.25) is 0 Å². The van der Waals surface area contributed by atoms with E-state index in [0.717, 1.165) is 0 Å². The van der Waals surface area contributed by atoms with Crippen LogP contribution in [0.25, 0.3) is 22.3 Å². The number of fused-ring (bicyclic) bond motifs is 1. The quantitative estimate of drug-likeness (QED) is 0.541. The number of carbonyl (C=O) groups excluding carboxylic acids is 2. The van der Waals surface area contributed by atoms with Crippen molar-refractivity contribution in [3.8, 4) is 11.4 Å². The van der Waals surface area contributed by atoms with Crippen LogP contribution in [0, 0.1) is 0 Å². The Balaban J connectivity index is 1.65. The molecule has 3 aromatic heterocycles. The molecule has 0 spiro atoms. The van der Waals surface area contributed by atoms with Crippen molar-refractivity contribution in [1.29, 1.82) is 0 Å². The van der Waals surface area contributed by atoms with Crippen LogP contribution in [-0.4, -0.2) is 26.8 Å². The molecule has 0 aliphatic carbocycles. The van der Waals surface area contributed by atoms with Crippen molar-refractivity contribution < 1.29 is 9.59 Å². The first-order valence-corrected chi connectivity index (χ1v) is 8.55. The molecule has 0 atom stereocenters. The lowest BCUT2D eigenvalue weighted by atomic mass is 10.1. The lowest BCUT2D eigenvalue weighted by molar-refractivity contribution is 0.0845. The number of benzene rings is 1. The van der Waals surface area contributed by atoms with Crippen LogP contribution in [0.1, 0.15) is 20.8 Å². The van der Waals surface area contributed by atoms with E-state index in [1.165, 1.54) is 6.20 Å². The summed E-state index contributed by atoms with van der Waals surface area (Å²) in [5, 5.41) is 0.673. The summed E-state index contributed by atoms with van der Waals surface area (Å²) in [4.78, 5) is 37.7. The summed E-state index contributed by atoms with van der Waals surface area (Å²) in [5.41, 5.74) is 7.29. The number of hydrogen-bond donors (Lipinski definition) is 2. The molecule has 0 aliphatic rings. The second-order valence-corrected chi connectivity index (χ2v) is 5.91. The number of hydrazine groups is 1. The van der Waals surface area contributed by atoms with E-state index in [9.17, 15) is 9.59 Å². The minimum absolute atomic E-state index is 0.205. The maximum absolute atomic E-state index is 12.8. The largest absolute Gasteiger partial charge is 0.288 e. The predicted octanol–water partition coefficient (Wildman–Crippen LogP) is 2.77. The van der Waals surface area contributed by atoms with Crippen LogP contribution in [0.3, 0.4) is 0 Å². The van der Waals surface area contributed by atoms with Gasteiger partial charge in [-0.3, -0.25) is 30.4 Å². The highest BCUT2D eigenvalue weighted by molar-refractivity contribution is 6.08. The minimum atomic E-state index is -0.503. The van der Waals surface area contributed by atoms with Gasteiger partial charge in [-0.15, -0.1) is 0 Å². The summed E-state index contributed by atoms with van der Waals surface area (Å²) in [5.74, 6) is -0.961. The number of rotatable bonds is 3. The molecule has 0 saturated carbocycles. The van der Waals surface area contributed by atoms with Gasteiger partial charge >= 0.3 is 0 Å². The van der Waals surface area contributed by atoms with Crippen LogP contribution in [0.15, 0.2) is 79.1 Å². The van der Waals surface area contributed by atoms with Gasteiger partial charge in [-0.1, -0.05) is 30.3 Å². The van der Waals surface area contributed by atoms with Crippen LogP contribution in [0.4, 0.5) is 0 Å². The molecule has 0 fully saturated rings. The van der Waals surface area contributed by atoms with Crippen LogP contribution >= 0.6 is 0 Å². The standard InChI is InChI=1S/C21H15N5O2/c27-20(25-26-21(28)18-10-4-6-12-23-18)15-13-19(17-9-3-5-11-22-17)24-16-8-2-1-7-14(15)16/h1-13H,(H,25,27)(H,26,28). The molecular weight excluding hydrogens is 354 g/mol. The lowest BCUT2D eigenvalue weighted by Crippen LogP contribution is -2.42. The molecule has 0 bridgehead atoms. The Morgan fingerprint density at radius 3 is 2.18 bits per heavy atom. The molecule has 0 radical (unpaired) electrons. The van der Waals surface area contributed by atoms with Gasteiger partial charge in [0.1, 0.15) is 5.69 Å². The van der Waals surface area contributed by atoms with E-state index in [-0.39, 0.29) is 5.69 Å². The van der Waals surface area contributed by atoms with Crippen molar-refractivity contribution in [3.05, 3.63) is 90.4 Å². The predicted molar refractivity (Wildman–Crippen MR) is 104 cm³/mol. The fourth-order valence-electron chi connectivity index (χ4n) is 2.75. The normalized spacial score (nSPS) is 10.4. The third-order valence-electron chi connectivity index (χ3n) is 4.08.